The number of phenols is 2. The Hall–Kier alpha value is -4.21. The zero-order valence-corrected chi connectivity index (χ0v) is 27.4. The fourth-order valence-electron chi connectivity index (χ4n) is 8.13. The molecule has 2 bridgehead atoms. The van der Waals surface area contributed by atoms with Gasteiger partial charge in [-0.2, -0.15) is 5.26 Å². The Morgan fingerprint density at radius 1 is 1.11 bits per heavy atom. The minimum atomic E-state index is -0.778. The van der Waals surface area contributed by atoms with Crippen molar-refractivity contribution in [1.29, 1.82) is 5.26 Å². The van der Waals surface area contributed by atoms with Crippen LogP contribution < -0.4 is 24.8 Å². The molecule has 4 N–H and O–H groups in total. The predicted octanol–water partition coefficient (Wildman–Crippen LogP) is 2.89. The first-order valence-corrected chi connectivity index (χ1v) is 15.9. The van der Waals surface area contributed by atoms with E-state index in [9.17, 15) is 25.1 Å². The van der Waals surface area contributed by atoms with Crippen molar-refractivity contribution in [2.24, 2.45) is 5.92 Å². The van der Waals surface area contributed by atoms with E-state index in [0.717, 1.165) is 16.7 Å². The Morgan fingerprint density at radius 2 is 1.83 bits per heavy atom. The molecule has 6 rings (SSSR count). The monoisotopic (exact) mass is 633 g/mol. The van der Waals surface area contributed by atoms with Gasteiger partial charge in [-0.15, -0.1) is 0 Å². The molecule has 2 aromatic carbocycles. The number of hydrogen-bond donors (Lipinski definition) is 4. The maximum atomic E-state index is 13.4. The summed E-state index contributed by atoms with van der Waals surface area (Å²) in [4.78, 5) is 30.1. The van der Waals surface area contributed by atoms with E-state index in [1.807, 2.05) is 33.9 Å². The molecule has 2 unspecified atom stereocenters. The molecule has 246 valence electrons. The number of methoxy groups -OCH3 is 1. The predicted molar refractivity (Wildman–Crippen MR) is 168 cm³/mol. The van der Waals surface area contributed by atoms with Gasteiger partial charge < -0.3 is 35.1 Å². The highest BCUT2D eigenvalue weighted by atomic mass is 16.7. The standard InChI is InChI=1S/C34H43N5O7/c1-15(2)8-25(40)37-18(5)34(43)36-13-24-27-20(29(41)17(4)32-33(27)46-14-45-32)11-22-28-26-19(9-16(3)31(44-7)30(26)42)10-21(38(28)6)23(12-35)39(22)24/h9,15,18,21-24,28,41-42H,8,10-11,13-14H2,1-7H3,(H,36,43)(H,37,40)/t18-,21?,22?,23+,24+,28-/m1/s1. The van der Waals surface area contributed by atoms with Crippen molar-refractivity contribution < 1.29 is 34.0 Å². The summed E-state index contributed by atoms with van der Waals surface area (Å²) in [5, 5.41) is 39.8. The lowest BCUT2D eigenvalue weighted by Gasteiger charge is -2.60. The number of aromatic hydroxyl groups is 2. The van der Waals surface area contributed by atoms with E-state index >= 15 is 0 Å². The first-order valence-electron chi connectivity index (χ1n) is 15.9. The van der Waals surface area contributed by atoms with Gasteiger partial charge in [0.1, 0.15) is 17.8 Å². The molecule has 1 saturated heterocycles. The van der Waals surface area contributed by atoms with Crippen molar-refractivity contribution in [3.63, 3.8) is 0 Å². The topological polar surface area (TPSA) is 157 Å². The number of carbonyl (C=O) groups is 2. The summed E-state index contributed by atoms with van der Waals surface area (Å²) >= 11 is 0. The summed E-state index contributed by atoms with van der Waals surface area (Å²) in [5.41, 5.74) is 4.44. The fraction of sp³-hybridized carbons (Fsp3) is 0.559. The largest absolute Gasteiger partial charge is 0.507 e. The smallest absolute Gasteiger partial charge is 0.242 e. The van der Waals surface area contributed by atoms with Crippen LogP contribution in [0.4, 0.5) is 0 Å². The maximum Gasteiger partial charge on any atom is 0.242 e. The summed E-state index contributed by atoms with van der Waals surface area (Å²) in [6.07, 6.45) is 1.20. The third-order valence-electron chi connectivity index (χ3n) is 10.1. The lowest BCUT2D eigenvalue weighted by atomic mass is 9.71. The van der Waals surface area contributed by atoms with Gasteiger partial charge in [-0.05, 0) is 57.7 Å². The normalized spacial score (nSPS) is 25.2. The summed E-state index contributed by atoms with van der Waals surface area (Å²) in [6, 6.07) is 1.72. The molecule has 6 atom stereocenters. The number of ether oxygens (including phenoxy) is 3. The molecule has 0 aliphatic carbocycles. The lowest BCUT2D eigenvalue weighted by molar-refractivity contribution is -0.129. The van der Waals surface area contributed by atoms with Crippen LogP contribution in [0.1, 0.15) is 72.7 Å². The van der Waals surface area contributed by atoms with E-state index in [1.165, 1.54) is 7.11 Å². The molecule has 0 spiro atoms. The molecule has 0 aromatic heterocycles. The van der Waals surface area contributed by atoms with E-state index in [1.54, 1.807) is 13.8 Å². The number of piperazine rings is 1. The average molecular weight is 634 g/mol. The second-order valence-electron chi connectivity index (χ2n) is 13.4. The zero-order valence-electron chi connectivity index (χ0n) is 27.4. The van der Waals surface area contributed by atoms with Gasteiger partial charge in [-0.25, -0.2) is 0 Å². The number of hydrogen-bond acceptors (Lipinski definition) is 10. The van der Waals surface area contributed by atoms with Crippen LogP contribution >= 0.6 is 0 Å². The minimum Gasteiger partial charge on any atom is -0.507 e. The molecule has 4 heterocycles. The molecular formula is C34H43N5O7. The lowest BCUT2D eigenvalue weighted by Crippen LogP contribution is -2.68. The minimum absolute atomic E-state index is 0.0104. The first-order chi connectivity index (χ1) is 21.9. The van der Waals surface area contributed by atoms with Gasteiger partial charge in [-0.1, -0.05) is 19.9 Å². The van der Waals surface area contributed by atoms with Gasteiger partial charge in [0.2, 0.25) is 18.6 Å². The van der Waals surface area contributed by atoms with Crippen LogP contribution in [0.15, 0.2) is 6.07 Å². The molecule has 12 nitrogen and oxygen atoms in total. The summed E-state index contributed by atoms with van der Waals surface area (Å²) in [5.74, 6) is 1.12. The van der Waals surface area contributed by atoms with Crippen LogP contribution in [-0.4, -0.2) is 83.5 Å². The third kappa shape index (κ3) is 4.88. The van der Waals surface area contributed by atoms with Crippen LogP contribution in [0, 0.1) is 31.1 Å². The van der Waals surface area contributed by atoms with Gasteiger partial charge in [0.15, 0.2) is 23.0 Å². The highest BCUT2D eigenvalue weighted by Crippen LogP contribution is 2.58. The number of benzene rings is 2. The number of amides is 2. The number of phenolic OH excluding ortho intramolecular Hbond substituents is 2. The van der Waals surface area contributed by atoms with Gasteiger partial charge >= 0.3 is 0 Å². The number of nitriles is 1. The molecule has 4 aliphatic heterocycles. The second-order valence-corrected chi connectivity index (χ2v) is 13.4. The van der Waals surface area contributed by atoms with Gasteiger partial charge in [0, 0.05) is 47.3 Å². The van der Waals surface area contributed by atoms with Crippen LogP contribution in [-0.2, 0) is 22.4 Å². The van der Waals surface area contributed by atoms with Gasteiger partial charge in [-0.3, -0.25) is 19.4 Å². The zero-order chi connectivity index (χ0) is 33.2. The van der Waals surface area contributed by atoms with E-state index in [2.05, 4.69) is 26.5 Å². The Balaban J connectivity index is 1.46. The SMILES string of the molecule is COc1c(C)cc2c(c1O)[C@H]1C3Cc4c(O)c(C)c5c(c4[C@H](CNC(=O)[C@@H](C)NC(=O)CC(C)C)N3[C@@H](C#N)C(C2)N1C)OCO5. The molecule has 2 aromatic rings. The number of fused-ring (bicyclic) bond motifs is 9. The van der Waals surface area contributed by atoms with Crippen molar-refractivity contribution in [2.45, 2.75) is 90.1 Å². The maximum absolute atomic E-state index is 13.4. The summed E-state index contributed by atoms with van der Waals surface area (Å²) < 4.78 is 17.4. The van der Waals surface area contributed by atoms with Crippen LogP contribution in [0.25, 0.3) is 0 Å². The first kappa shape index (κ1) is 31.8. The van der Waals surface area contributed by atoms with Gasteiger partial charge in [0.05, 0.1) is 25.3 Å². The molecule has 4 aliphatic rings. The van der Waals surface area contributed by atoms with E-state index < -0.39 is 18.1 Å². The third-order valence-corrected chi connectivity index (χ3v) is 10.1. The number of aryl methyl sites for hydroxylation is 1. The summed E-state index contributed by atoms with van der Waals surface area (Å²) in [6.45, 7) is 9.27. The van der Waals surface area contributed by atoms with E-state index in [-0.39, 0.29) is 60.7 Å². The Bertz CT molecular complexity index is 1640. The molecular weight excluding hydrogens is 590 g/mol. The molecule has 1 fully saturated rings. The quantitative estimate of drug-likeness (QED) is 0.358. The number of likely N-dealkylation sites (N-methyl/N-ethyl adjacent to an activating group) is 1. The van der Waals surface area contributed by atoms with Crippen molar-refractivity contribution in [3.8, 4) is 34.8 Å². The number of rotatable bonds is 7. The molecule has 12 heteroatoms. The second kappa shape index (κ2) is 11.9. The Kier molecular flexibility index (Phi) is 8.19. The fourth-order valence-corrected chi connectivity index (χ4v) is 8.13. The Morgan fingerprint density at radius 3 is 2.50 bits per heavy atom. The molecule has 46 heavy (non-hydrogen) atoms. The molecule has 0 radical (unpaired) electrons. The van der Waals surface area contributed by atoms with Crippen molar-refractivity contribution >= 4 is 11.8 Å². The van der Waals surface area contributed by atoms with Crippen molar-refractivity contribution in [3.05, 3.63) is 39.4 Å². The average Bonchev–Trinajstić information content (AvgIpc) is 3.48. The van der Waals surface area contributed by atoms with Crippen molar-refractivity contribution in [2.75, 3.05) is 27.5 Å². The van der Waals surface area contributed by atoms with Crippen LogP contribution in [0.3, 0.4) is 0 Å². The van der Waals surface area contributed by atoms with Crippen molar-refractivity contribution in [1.82, 2.24) is 20.4 Å². The number of nitrogens with zero attached hydrogens (tertiary/aromatic N) is 3. The van der Waals surface area contributed by atoms with Gasteiger partial charge in [0.25, 0.3) is 0 Å². The van der Waals surface area contributed by atoms with E-state index in [4.69, 9.17) is 14.2 Å². The highest BCUT2D eigenvalue weighted by Gasteiger charge is 2.56. The highest BCUT2D eigenvalue weighted by molar-refractivity contribution is 5.87. The number of carbonyl (C=O) groups excluding carboxylic acids is 2. The summed E-state index contributed by atoms with van der Waals surface area (Å²) in [7, 11) is 3.51. The molecule has 2 amide bonds. The molecule has 0 saturated carbocycles. The van der Waals surface area contributed by atoms with Crippen LogP contribution in [0.5, 0.6) is 28.7 Å². The van der Waals surface area contributed by atoms with Crippen LogP contribution in [0.2, 0.25) is 0 Å². The van der Waals surface area contributed by atoms with E-state index in [0.29, 0.717) is 53.2 Å². The Labute approximate surface area is 269 Å². The number of nitrogens with one attached hydrogen (secondary N) is 2.